The zero-order valence-corrected chi connectivity index (χ0v) is 28.9. The van der Waals surface area contributed by atoms with Gasteiger partial charge >= 0.3 is 0 Å². The van der Waals surface area contributed by atoms with Crippen molar-refractivity contribution in [1.82, 2.24) is 19.9 Å². The van der Waals surface area contributed by atoms with Crippen LogP contribution in [0, 0.1) is 6.92 Å². The highest BCUT2D eigenvalue weighted by Gasteiger charge is 2.14. The van der Waals surface area contributed by atoms with Crippen molar-refractivity contribution in [2.45, 2.75) is 19.8 Å². The Kier molecular flexibility index (Phi) is 9.08. The van der Waals surface area contributed by atoms with Crippen LogP contribution in [0.5, 0.6) is 11.5 Å². The average molecular weight is 633 g/mol. The van der Waals surface area contributed by atoms with Gasteiger partial charge < -0.3 is 28.4 Å². The molecule has 47 heavy (non-hydrogen) atoms. The summed E-state index contributed by atoms with van der Waals surface area (Å²) >= 11 is 0. The number of rotatable bonds is 11. The van der Waals surface area contributed by atoms with Gasteiger partial charge in [-0.15, -0.1) is 0 Å². The topological polar surface area (TPSA) is 75.8 Å². The summed E-state index contributed by atoms with van der Waals surface area (Å²) in [5.41, 5.74) is 10.7. The first kappa shape index (κ1) is 32.3. The third-order valence-electron chi connectivity index (χ3n) is 8.31. The molecule has 4 aromatic rings. The van der Waals surface area contributed by atoms with Crippen LogP contribution in [0.4, 0.5) is 0 Å². The first-order chi connectivity index (χ1) is 22.4. The van der Waals surface area contributed by atoms with Gasteiger partial charge in [0.05, 0.1) is 91.4 Å². The molecule has 0 saturated heterocycles. The van der Waals surface area contributed by atoms with Crippen LogP contribution in [0.2, 0.25) is 0 Å². The zero-order valence-electron chi connectivity index (χ0n) is 28.9. The molecule has 8 nitrogen and oxygen atoms in total. The molecule has 0 radical (unpaired) electrons. The third-order valence-corrected chi connectivity index (χ3v) is 8.31. The van der Waals surface area contributed by atoms with Crippen molar-refractivity contribution < 1.29 is 18.4 Å². The van der Waals surface area contributed by atoms with Crippen LogP contribution in [-0.2, 0) is 0 Å². The number of H-pyrrole nitrogens is 2. The molecular weight excluding hydrogens is 584 g/mol. The SMILES string of the molecule is Cc1c2nc(cc3ccc([nH]3)c(-c3cc(OCCC[N+](C)(C)C)cc(OCCC[N+](C)(C)C)c3)c3ccc(cc4nc1C=C4)[nH]3)C=C2. The summed E-state index contributed by atoms with van der Waals surface area (Å²) in [7, 11) is 13.2. The zero-order chi connectivity index (χ0) is 33.2. The molecule has 0 spiro atoms. The number of aromatic amines is 2. The number of fused-ring (bicyclic) bond motifs is 8. The minimum atomic E-state index is 0.638. The molecule has 2 aliphatic heterocycles. The van der Waals surface area contributed by atoms with E-state index in [9.17, 15) is 0 Å². The lowest BCUT2D eigenvalue weighted by molar-refractivity contribution is -0.870. The summed E-state index contributed by atoms with van der Waals surface area (Å²) in [5, 5.41) is 0. The Labute approximate surface area is 278 Å². The number of ether oxygens (including phenoxy) is 2. The number of nitrogens with zero attached hydrogens (tertiary/aromatic N) is 4. The Morgan fingerprint density at radius 3 is 1.51 bits per heavy atom. The molecule has 3 aromatic heterocycles. The summed E-state index contributed by atoms with van der Waals surface area (Å²) in [6, 6.07) is 18.9. The molecule has 0 amide bonds. The molecule has 244 valence electrons. The van der Waals surface area contributed by atoms with Gasteiger partial charge in [-0.3, -0.25) is 0 Å². The van der Waals surface area contributed by atoms with Crippen molar-refractivity contribution in [1.29, 1.82) is 0 Å². The molecule has 1 aromatic carbocycles. The second-order valence-corrected chi connectivity index (χ2v) is 14.6. The lowest BCUT2D eigenvalue weighted by atomic mass is 10.0. The summed E-state index contributed by atoms with van der Waals surface area (Å²) in [5.74, 6) is 1.60. The molecular formula is C39H48N6O2+2. The second-order valence-electron chi connectivity index (χ2n) is 14.6. The monoisotopic (exact) mass is 632 g/mol. The highest BCUT2D eigenvalue weighted by Crippen LogP contribution is 2.35. The molecule has 2 N–H and O–H groups in total. The fourth-order valence-electron chi connectivity index (χ4n) is 5.86. The number of aromatic nitrogens is 4. The van der Waals surface area contributed by atoms with Crippen LogP contribution in [-0.4, -0.2) is 97.5 Å². The van der Waals surface area contributed by atoms with Gasteiger partial charge in [0, 0.05) is 52.1 Å². The molecule has 8 bridgehead atoms. The van der Waals surface area contributed by atoms with E-state index in [1.54, 1.807) is 0 Å². The van der Waals surface area contributed by atoms with E-state index in [4.69, 9.17) is 19.4 Å². The van der Waals surface area contributed by atoms with Crippen molar-refractivity contribution in [3.63, 3.8) is 0 Å². The van der Waals surface area contributed by atoms with Gasteiger partial charge in [-0.1, -0.05) is 0 Å². The predicted octanol–water partition coefficient (Wildman–Crippen LogP) is 7.58. The van der Waals surface area contributed by atoms with E-state index in [2.05, 4.69) is 132 Å². The summed E-state index contributed by atoms with van der Waals surface area (Å²) < 4.78 is 14.6. The minimum Gasteiger partial charge on any atom is -0.493 e. The van der Waals surface area contributed by atoms with Gasteiger partial charge in [0.15, 0.2) is 0 Å². The maximum atomic E-state index is 6.38. The van der Waals surface area contributed by atoms with Crippen LogP contribution >= 0.6 is 0 Å². The Hall–Kier alpha value is -4.66. The number of benzene rings is 1. The molecule has 2 aliphatic rings. The van der Waals surface area contributed by atoms with Gasteiger partial charge in [0.25, 0.3) is 0 Å². The van der Waals surface area contributed by atoms with E-state index >= 15 is 0 Å². The maximum absolute atomic E-state index is 6.38. The number of quaternary nitrogens is 2. The Bertz CT molecular complexity index is 1850. The Morgan fingerprint density at radius 1 is 0.596 bits per heavy atom. The van der Waals surface area contributed by atoms with Gasteiger partial charge in [-0.05, 0) is 85.3 Å². The fourth-order valence-corrected chi connectivity index (χ4v) is 5.86. The standard InChI is InChI=1S/C39H48N6O2/c1-27-35-14-10-29(40-35)24-31-12-16-37(42-31)39(38-17-13-32(43-38)25-30-11-15-36(27)41-30)28-22-33(46-20-8-18-44(2,3)4)26-34(23-28)47-21-9-19-45(5,6)7/h10-17,22-26,42-43H,8-9,18-21H2,1-7H3/q+2. The van der Waals surface area contributed by atoms with Crippen molar-refractivity contribution in [3.8, 4) is 22.6 Å². The van der Waals surface area contributed by atoms with Crippen LogP contribution < -0.4 is 9.47 Å². The number of nitrogens with one attached hydrogen (secondary N) is 2. The molecule has 8 heteroatoms. The lowest BCUT2D eigenvalue weighted by Gasteiger charge is -2.24. The predicted molar refractivity (Wildman–Crippen MR) is 195 cm³/mol. The quantitative estimate of drug-likeness (QED) is 0.114. The van der Waals surface area contributed by atoms with E-state index in [0.717, 1.165) is 108 Å². The molecule has 0 atom stereocenters. The molecule has 0 saturated carbocycles. The first-order valence-corrected chi connectivity index (χ1v) is 16.5. The summed E-state index contributed by atoms with van der Waals surface area (Å²) in [4.78, 5) is 17.1. The van der Waals surface area contributed by atoms with Crippen molar-refractivity contribution in [2.75, 3.05) is 68.6 Å². The number of hydrogen-bond donors (Lipinski definition) is 2. The highest BCUT2D eigenvalue weighted by molar-refractivity contribution is 5.94. The first-order valence-electron chi connectivity index (χ1n) is 16.5. The highest BCUT2D eigenvalue weighted by atomic mass is 16.5. The van der Waals surface area contributed by atoms with E-state index in [1.807, 2.05) is 6.07 Å². The van der Waals surface area contributed by atoms with E-state index in [1.165, 1.54) is 0 Å². The van der Waals surface area contributed by atoms with Gasteiger partial charge in [-0.25, -0.2) is 9.97 Å². The van der Waals surface area contributed by atoms with Crippen molar-refractivity contribution >= 4 is 46.4 Å². The van der Waals surface area contributed by atoms with Gasteiger partial charge in [-0.2, -0.15) is 0 Å². The van der Waals surface area contributed by atoms with E-state index < -0.39 is 0 Å². The Balaban J connectivity index is 1.48. The van der Waals surface area contributed by atoms with Crippen molar-refractivity contribution in [2.24, 2.45) is 0 Å². The molecule has 0 fully saturated rings. The molecule has 6 rings (SSSR count). The molecule has 0 unspecified atom stereocenters. The summed E-state index contributed by atoms with van der Waals surface area (Å²) in [6.45, 7) is 5.42. The largest absolute Gasteiger partial charge is 0.493 e. The van der Waals surface area contributed by atoms with E-state index in [0.29, 0.717) is 13.2 Å². The molecule has 0 aliphatic carbocycles. The fraction of sp³-hybridized carbons (Fsp3) is 0.333. The van der Waals surface area contributed by atoms with E-state index in [-0.39, 0.29) is 0 Å². The van der Waals surface area contributed by atoms with Crippen LogP contribution in [0.15, 0.2) is 54.6 Å². The van der Waals surface area contributed by atoms with Crippen LogP contribution in [0.3, 0.4) is 0 Å². The Morgan fingerprint density at radius 2 is 1.06 bits per heavy atom. The average Bonchev–Trinajstić information content (AvgIpc) is 3.82. The summed E-state index contributed by atoms with van der Waals surface area (Å²) in [6.07, 6.45) is 10.1. The van der Waals surface area contributed by atoms with Crippen LogP contribution in [0.25, 0.3) is 57.5 Å². The minimum absolute atomic E-state index is 0.638. The van der Waals surface area contributed by atoms with Crippen molar-refractivity contribution in [3.05, 3.63) is 82.9 Å². The normalized spacial score (nSPS) is 12.9. The maximum Gasteiger partial charge on any atom is 0.123 e. The third kappa shape index (κ3) is 8.39. The second kappa shape index (κ2) is 13.2. The lowest BCUT2D eigenvalue weighted by Crippen LogP contribution is -2.36. The van der Waals surface area contributed by atoms with Gasteiger partial charge in [0.2, 0.25) is 0 Å². The smallest absolute Gasteiger partial charge is 0.123 e. The number of hydrogen-bond acceptors (Lipinski definition) is 4. The molecule has 5 heterocycles. The van der Waals surface area contributed by atoms with Crippen LogP contribution in [0.1, 0.15) is 41.2 Å². The van der Waals surface area contributed by atoms with Gasteiger partial charge in [0.1, 0.15) is 11.5 Å².